The second kappa shape index (κ2) is 4.76. The van der Waals surface area contributed by atoms with Gasteiger partial charge in [0.2, 0.25) is 0 Å². The van der Waals surface area contributed by atoms with Crippen LogP contribution in [-0.2, 0) is 4.74 Å². The van der Waals surface area contributed by atoms with Crippen LogP contribution in [0, 0.1) is 11.3 Å². The molecule has 0 aromatic carbocycles. The van der Waals surface area contributed by atoms with E-state index in [1.54, 1.807) is 18.0 Å². The van der Waals surface area contributed by atoms with Crippen LogP contribution in [0.4, 0.5) is 0 Å². The molecule has 3 rings (SSSR count). The number of aliphatic hydroxyl groups is 2. The van der Waals surface area contributed by atoms with Gasteiger partial charge < -0.3 is 26.4 Å². The van der Waals surface area contributed by atoms with Crippen molar-refractivity contribution in [1.29, 1.82) is 5.26 Å². The molecule has 22 heavy (non-hydrogen) atoms. The molecule has 3 aliphatic rings. The minimum absolute atomic E-state index is 0.293. The number of hydrogen-bond acceptors (Lipinski definition) is 9. The maximum atomic E-state index is 10.3. The molecule has 9 heteroatoms. The number of aliphatic imine (C=N–C) groups is 1. The highest BCUT2D eigenvalue weighted by atomic mass is 16.5. The third kappa shape index (κ3) is 1.66. The number of amidine groups is 1. The van der Waals surface area contributed by atoms with E-state index in [0.29, 0.717) is 18.0 Å². The van der Waals surface area contributed by atoms with Gasteiger partial charge in [-0.05, 0) is 13.3 Å². The molecule has 9 nitrogen and oxygen atoms in total. The molecule has 3 heterocycles. The standard InChI is InChI=1S/C13H18N6O3/c1-12(16)10(21)8(4-20)22-13(12,5-14)9-3-2-7-11(15)17-6-18-19(7)9/h2,6,8-10,20-21H,3-4,16H2,1H3,(H2,15,17,18). The fourth-order valence-electron chi connectivity index (χ4n) is 3.33. The van der Waals surface area contributed by atoms with E-state index in [4.69, 9.17) is 16.2 Å². The number of hydrogen-bond donors (Lipinski definition) is 4. The molecule has 3 aliphatic heterocycles. The van der Waals surface area contributed by atoms with Gasteiger partial charge in [-0.15, -0.1) is 0 Å². The van der Waals surface area contributed by atoms with Crippen LogP contribution < -0.4 is 11.5 Å². The lowest BCUT2D eigenvalue weighted by atomic mass is 9.74. The molecule has 0 radical (unpaired) electrons. The molecule has 1 saturated heterocycles. The fourth-order valence-corrected chi connectivity index (χ4v) is 3.33. The van der Waals surface area contributed by atoms with Gasteiger partial charge in [-0.2, -0.15) is 10.4 Å². The maximum Gasteiger partial charge on any atom is 0.197 e. The minimum Gasteiger partial charge on any atom is -0.394 e. The molecule has 0 amide bonds. The van der Waals surface area contributed by atoms with E-state index in [1.165, 1.54) is 6.34 Å². The Morgan fingerprint density at radius 1 is 1.64 bits per heavy atom. The van der Waals surface area contributed by atoms with Gasteiger partial charge in [-0.25, -0.2) is 4.99 Å². The molecule has 0 spiro atoms. The Bertz CT molecular complexity index is 622. The molecule has 118 valence electrons. The van der Waals surface area contributed by atoms with Crippen LogP contribution in [-0.4, -0.2) is 63.4 Å². The van der Waals surface area contributed by atoms with E-state index in [0.717, 1.165) is 0 Å². The summed E-state index contributed by atoms with van der Waals surface area (Å²) < 4.78 is 5.73. The maximum absolute atomic E-state index is 10.3. The zero-order valence-corrected chi connectivity index (χ0v) is 12.0. The van der Waals surface area contributed by atoms with Crippen molar-refractivity contribution in [3.8, 4) is 6.07 Å². The second-order valence-electron chi connectivity index (χ2n) is 5.84. The zero-order chi connectivity index (χ0) is 16.1. The first-order valence-corrected chi connectivity index (χ1v) is 6.91. The molecule has 0 bridgehead atoms. The Hall–Kier alpha value is -1.99. The lowest BCUT2D eigenvalue weighted by molar-refractivity contribution is -0.0816. The average molecular weight is 306 g/mol. The van der Waals surface area contributed by atoms with Gasteiger partial charge in [0.05, 0.1) is 17.8 Å². The summed E-state index contributed by atoms with van der Waals surface area (Å²) in [5.41, 5.74) is 9.71. The zero-order valence-electron chi connectivity index (χ0n) is 12.0. The Kier molecular flexibility index (Phi) is 3.23. The molecule has 0 aliphatic carbocycles. The largest absolute Gasteiger partial charge is 0.394 e. The molecular weight excluding hydrogens is 288 g/mol. The van der Waals surface area contributed by atoms with Crippen LogP contribution >= 0.6 is 0 Å². The predicted molar refractivity (Wildman–Crippen MR) is 77.3 cm³/mol. The van der Waals surface area contributed by atoms with E-state index >= 15 is 0 Å². The smallest absolute Gasteiger partial charge is 0.197 e. The van der Waals surface area contributed by atoms with Gasteiger partial charge in [0.15, 0.2) is 11.4 Å². The molecule has 0 aromatic heterocycles. The van der Waals surface area contributed by atoms with Crippen molar-refractivity contribution in [2.24, 2.45) is 21.6 Å². The van der Waals surface area contributed by atoms with Crippen molar-refractivity contribution in [2.75, 3.05) is 6.61 Å². The number of nitrogens with two attached hydrogens (primary N) is 2. The summed E-state index contributed by atoms with van der Waals surface area (Å²) in [7, 11) is 0. The normalized spacial score (nSPS) is 43.6. The van der Waals surface area contributed by atoms with Crippen LogP contribution in [0.5, 0.6) is 0 Å². The van der Waals surface area contributed by atoms with Crippen molar-refractivity contribution in [2.45, 2.75) is 42.7 Å². The topological polar surface area (TPSA) is 153 Å². The van der Waals surface area contributed by atoms with Crippen LogP contribution in [0.25, 0.3) is 0 Å². The lowest BCUT2D eigenvalue weighted by Gasteiger charge is -2.42. The lowest BCUT2D eigenvalue weighted by Crippen LogP contribution is -2.67. The van der Waals surface area contributed by atoms with Crippen LogP contribution in [0.3, 0.4) is 0 Å². The average Bonchev–Trinajstić information content (AvgIpc) is 3.01. The van der Waals surface area contributed by atoms with Crippen LogP contribution in [0.1, 0.15) is 13.3 Å². The number of nitrogens with zero attached hydrogens (tertiary/aromatic N) is 4. The number of hydrazone groups is 1. The summed E-state index contributed by atoms with van der Waals surface area (Å²) in [4.78, 5) is 3.91. The van der Waals surface area contributed by atoms with Gasteiger partial charge >= 0.3 is 0 Å². The van der Waals surface area contributed by atoms with Crippen LogP contribution in [0.2, 0.25) is 0 Å². The van der Waals surface area contributed by atoms with Gasteiger partial charge in [-0.1, -0.05) is 6.08 Å². The first kappa shape index (κ1) is 14.9. The van der Waals surface area contributed by atoms with E-state index < -0.39 is 36.0 Å². The highest BCUT2D eigenvalue weighted by Gasteiger charge is 2.67. The Labute approximate surface area is 127 Å². The summed E-state index contributed by atoms with van der Waals surface area (Å²) in [6.07, 6.45) is 1.39. The predicted octanol–water partition coefficient (Wildman–Crippen LogP) is -2.01. The Morgan fingerprint density at radius 3 is 2.95 bits per heavy atom. The third-order valence-corrected chi connectivity index (χ3v) is 4.63. The van der Waals surface area contributed by atoms with Crippen LogP contribution in [0.15, 0.2) is 21.9 Å². The quantitative estimate of drug-likeness (QED) is 0.459. The molecular formula is C13H18N6O3. The van der Waals surface area contributed by atoms with Gasteiger partial charge in [-0.3, -0.25) is 5.01 Å². The first-order chi connectivity index (χ1) is 10.4. The van der Waals surface area contributed by atoms with Crippen molar-refractivity contribution < 1.29 is 14.9 Å². The van der Waals surface area contributed by atoms with Crippen molar-refractivity contribution in [1.82, 2.24) is 5.01 Å². The molecule has 5 atom stereocenters. The Morgan fingerprint density at radius 2 is 2.36 bits per heavy atom. The van der Waals surface area contributed by atoms with Crippen molar-refractivity contribution in [3.05, 3.63) is 11.8 Å². The SMILES string of the molecule is CC1(N)C(O)C(CO)OC1(C#N)C1CC=C2C(N)=NC=NN21. The highest BCUT2D eigenvalue weighted by Crippen LogP contribution is 2.45. The highest BCUT2D eigenvalue weighted by molar-refractivity contribution is 6.02. The first-order valence-electron chi connectivity index (χ1n) is 6.91. The number of nitriles is 1. The van der Waals surface area contributed by atoms with Gasteiger partial charge in [0.1, 0.15) is 30.7 Å². The second-order valence-corrected chi connectivity index (χ2v) is 5.84. The van der Waals surface area contributed by atoms with E-state index in [9.17, 15) is 15.5 Å². The summed E-state index contributed by atoms with van der Waals surface area (Å²) in [5.74, 6) is 0.293. The Balaban J connectivity index is 2.02. The monoisotopic (exact) mass is 306 g/mol. The molecule has 0 saturated carbocycles. The third-order valence-electron chi connectivity index (χ3n) is 4.63. The summed E-state index contributed by atoms with van der Waals surface area (Å²) in [5, 5.41) is 35.2. The molecule has 5 unspecified atom stereocenters. The van der Waals surface area contributed by atoms with E-state index in [2.05, 4.69) is 16.2 Å². The van der Waals surface area contributed by atoms with E-state index in [1.807, 2.05) is 0 Å². The van der Waals surface area contributed by atoms with Crippen molar-refractivity contribution in [3.63, 3.8) is 0 Å². The summed E-state index contributed by atoms with van der Waals surface area (Å²) >= 11 is 0. The molecule has 0 aromatic rings. The summed E-state index contributed by atoms with van der Waals surface area (Å²) in [6, 6.07) is 1.53. The molecule has 1 fully saturated rings. The number of aliphatic hydroxyl groups excluding tert-OH is 2. The summed E-state index contributed by atoms with van der Waals surface area (Å²) in [6.45, 7) is 1.11. The van der Waals surface area contributed by atoms with Gasteiger partial charge in [0, 0.05) is 0 Å². The van der Waals surface area contributed by atoms with Crippen molar-refractivity contribution >= 4 is 12.2 Å². The number of rotatable bonds is 2. The number of fused-ring (bicyclic) bond motifs is 1. The number of ether oxygens (including phenoxy) is 1. The fraction of sp³-hybridized carbons (Fsp3) is 0.615. The minimum atomic E-state index is -1.55. The van der Waals surface area contributed by atoms with Gasteiger partial charge in [0.25, 0.3) is 0 Å². The molecule has 6 N–H and O–H groups in total. The van der Waals surface area contributed by atoms with E-state index in [-0.39, 0.29) is 0 Å².